The van der Waals surface area contributed by atoms with Gasteiger partial charge in [0.25, 0.3) is 0 Å². The summed E-state index contributed by atoms with van der Waals surface area (Å²) in [5, 5.41) is 12.0. The number of likely N-dealkylation sites (N-methyl/N-ethyl adjacent to an activating group) is 2. The van der Waals surface area contributed by atoms with Crippen LogP contribution in [0.25, 0.3) is 11.5 Å². The Morgan fingerprint density at radius 1 is 1.19 bits per heavy atom. The van der Waals surface area contributed by atoms with Crippen LogP contribution in [0.1, 0.15) is 49.6 Å². The molecule has 2 aromatic heterocycles. The van der Waals surface area contributed by atoms with E-state index in [9.17, 15) is 17.6 Å². The van der Waals surface area contributed by atoms with Crippen LogP contribution in [0.4, 0.5) is 16.0 Å². The molecule has 3 aromatic rings. The van der Waals surface area contributed by atoms with Crippen LogP contribution in [0.3, 0.4) is 0 Å². The molecule has 2 aliphatic rings. The van der Waals surface area contributed by atoms with Gasteiger partial charge in [-0.15, -0.1) is 10.2 Å². The minimum Gasteiger partial charge on any atom is -0.419 e. The fourth-order valence-electron chi connectivity index (χ4n) is 5.47. The average Bonchev–Trinajstić information content (AvgIpc) is 3.44. The number of carbonyl (C=O) groups is 1. The van der Waals surface area contributed by atoms with E-state index in [0.717, 1.165) is 48.5 Å². The van der Waals surface area contributed by atoms with Gasteiger partial charge in [0.15, 0.2) is 5.82 Å². The molecule has 1 saturated carbocycles. The Hall–Kier alpha value is -3.13. The van der Waals surface area contributed by atoms with Gasteiger partial charge in [0.1, 0.15) is 11.6 Å². The van der Waals surface area contributed by atoms with Gasteiger partial charge in [0.2, 0.25) is 27.7 Å². The maximum Gasteiger partial charge on any atom is 0.249 e. The molecule has 1 saturated heterocycles. The van der Waals surface area contributed by atoms with Crippen molar-refractivity contribution in [3.63, 3.8) is 0 Å². The number of aromatic nitrogens is 3. The van der Waals surface area contributed by atoms with Crippen molar-refractivity contribution >= 4 is 39.2 Å². The largest absolute Gasteiger partial charge is 0.419 e. The summed E-state index contributed by atoms with van der Waals surface area (Å²) in [7, 11) is 1.07. The third kappa shape index (κ3) is 7.00. The van der Waals surface area contributed by atoms with E-state index in [2.05, 4.69) is 27.4 Å². The molecule has 1 aromatic carbocycles. The van der Waals surface area contributed by atoms with Crippen molar-refractivity contribution in [1.29, 1.82) is 0 Å². The molecule has 0 bridgehead atoms. The number of benzene rings is 1. The molecule has 0 radical (unpaired) electrons. The predicted molar refractivity (Wildman–Crippen MR) is 163 cm³/mol. The lowest BCUT2D eigenvalue weighted by molar-refractivity contribution is -0.119. The van der Waals surface area contributed by atoms with E-state index in [0.29, 0.717) is 17.7 Å². The summed E-state index contributed by atoms with van der Waals surface area (Å²) in [6, 6.07) is 7.60. The highest BCUT2D eigenvalue weighted by Gasteiger charge is 2.35. The monoisotopic (exact) mass is 633 g/mol. The van der Waals surface area contributed by atoms with E-state index in [1.54, 1.807) is 25.2 Å². The minimum atomic E-state index is -3.75. The third-order valence-electron chi connectivity index (χ3n) is 8.36. The fraction of sp³-hybridized carbons (Fsp3) is 0.517. The lowest BCUT2D eigenvalue weighted by atomic mass is 9.84. The second-order valence-electron chi connectivity index (χ2n) is 11.7. The van der Waals surface area contributed by atoms with E-state index in [-0.39, 0.29) is 58.3 Å². The Kier molecular flexibility index (Phi) is 9.07. The molecule has 5 rings (SSSR count). The lowest BCUT2D eigenvalue weighted by Gasteiger charge is -2.30. The van der Waals surface area contributed by atoms with Crippen molar-refractivity contribution < 1.29 is 22.0 Å². The number of amides is 1. The van der Waals surface area contributed by atoms with Crippen molar-refractivity contribution in [3.8, 4) is 11.5 Å². The lowest BCUT2D eigenvalue weighted by Crippen LogP contribution is -2.38. The van der Waals surface area contributed by atoms with Crippen LogP contribution in [-0.2, 0) is 14.8 Å². The number of hydrogen-bond donors (Lipinski definition) is 1. The predicted octanol–water partition coefficient (Wildman–Crippen LogP) is 4.08. The molecule has 1 aliphatic heterocycles. The quantitative estimate of drug-likeness (QED) is 0.352. The summed E-state index contributed by atoms with van der Waals surface area (Å²) in [6.45, 7) is 3.92. The van der Waals surface area contributed by atoms with Gasteiger partial charge in [-0.25, -0.2) is 17.8 Å². The number of piperidine rings is 1. The van der Waals surface area contributed by atoms with Gasteiger partial charge in [-0.2, -0.15) is 0 Å². The Bertz CT molecular complexity index is 1590. The molecule has 11 nitrogen and oxygen atoms in total. The van der Waals surface area contributed by atoms with E-state index >= 15 is 0 Å². The zero-order valence-electron chi connectivity index (χ0n) is 24.9. The second kappa shape index (κ2) is 12.5. The number of pyridine rings is 1. The Morgan fingerprint density at radius 3 is 2.53 bits per heavy atom. The number of nitrogens with zero attached hydrogens (tertiary/aromatic N) is 6. The van der Waals surface area contributed by atoms with E-state index in [1.807, 2.05) is 11.9 Å². The van der Waals surface area contributed by atoms with Crippen molar-refractivity contribution in [1.82, 2.24) is 25.4 Å². The molecule has 232 valence electrons. The summed E-state index contributed by atoms with van der Waals surface area (Å²) in [6.07, 6.45) is 3.96. The fourth-order valence-corrected chi connectivity index (χ4v) is 6.27. The highest BCUT2D eigenvalue weighted by Crippen LogP contribution is 2.41. The van der Waals surface area contributed by atoms with Crippen molar-refractivity contribution in [2.45, 2.75) is 38.1 Å². The molecule has 2 fully saturated rings. The molecule has 1 amide bonds. The van der Waals surface area contributed by atoms with Gasteiger partial charge in [-0.05, 0) is 68.5 Å². The molecule has 14 heteroatoms. The zero-order valence-corrected chi connectivity index (χ0v) is 26.5. The van der Waals surface area contributed by atoms with E-state index in [1.165, 1.54) is 24.1 Å². The standard InChI is InChI=1S/C29H37ClFN7O4S/c1-17-13-19(17)15-36(2)16-24(39)37(3)23-14-22(25(30)27(33-23)38(4)43(5,40)41)28-34-35-29(42-28)26-21(7-6-12-32-26)18-8-10-20(31)11-9-18/h8-11,14,17,19,21,26,32H,6-7,12-13,15-16H2,1-5H3/t17-,19+,21-,26-/m0/s1. The summed E-state index contributed by atoms with van der Waals surface area (Å²) < 4.78 is 45.7. The number of sulfonamides is 1. The minimum absolute atomic E-state index is 0.0146. The van der Waals surface area contributed by atoms with Gasteiger partial charge in [0, 0.05) is 26.6 Å². The topological polar surface area (TPSA) is 125 Å². The molecular formula is C29H37ClFN7O4S. The summed E-state index contributed by atoms with van der Waals surface area (Å²) in [4.78, 5) is 21.1. The highest BCUT2D eigenvalue weighted by molar-refractivity contribution is 7.92. The Balaban J connectivity index is 1.48. The van der Waals surface area contributed by atoms with Crippen LogP contribution >= 0.6 is 11.6 Å². The smallest absolute Gasteiger partial charge is 0.249 e. The van der Waals surface area contributed by atoms with E-state index in [4.69, 9.17) is 16.0 Å². The number of nitrogens with one attached hydrogen (secondary N) is 1. The molecule has 4 atom stereocenters. The van der Waals surface area contributed by atoms with Crippen molar-refractivity contribution in [2.75, 3.05) is 56.2 Å². The van der Waals surface area contributed by atoms with Crippen LogP contribution in [0.2, 0.25) is 5.02 Å². The van der Waals surface area contributed by atoms with Gasteiger partial charge < -0.3 is 9.73 Å². The molecule has 1 aliphatic carbocycles. The molecule has 0 spiro atoms. The number of halogens is 2. The van der Waals surface area contributed by atoms with Gasteiger partial charge >= 0.3 is 0 Å². The maximum atomic E-state index is 13.6. The molecule has 43 heavy (non-hydrogen) atoms. The average molecular weight is 634 g/mol. The number of hydrogen-bond acceptors (Lipinski definition) is 9. The first kappa shape index (κ1) is 31.3. The molecule has 0 unspecified atom stereocenters. The van der Waals surface area contributed by atoms with Gasteiger partial charge in [-0.1, -0.05) is 30.7 Å². The molecule has 3 heterocycles. The number of rotatable bonds is 10. The Morgan fingerprint density at radius 2 is 1.88 bits per heavy atom. The third-order valence-corrected chi connectivity index (χ3v) is 9.90. The summed E-state index contributed by atoms with van der Waals surface area (Å²) in [5.74, 6) is 1.18. The second-order valence-corrected chi connectivity index (χ2v) is 14.1. The SMILES string of the molecule is C[C@H]1C[C@@H]1CN(C)CC(=O)N(C)c1cc(-c2nnc([C@H]3NCCC[C@H]3c3ccc(F)cc3)o2)c(Cl)c(N(C)S(C)(=O)=O)n1. The first-order valence-corrected chi connectivity index (χ1v) is 16.5. The first-order chi connectivity index (χ1) is 20.3. The highest BCUT2D eigenvalue weighted by atomic mass is 35.5. The van der Waals surface area contributed by atoms with Crippen LogP contribution in [0.15, 0.2) is 34.7 Å². The van der Waals surface area contributed by atoms with Gasteiger partial charge in [0.05, 0.1) is 29.4 Å². The van der Waals surface area contributed by atoms with Crippen LogP contribution in [0.5, 0.6) is 0 Å². The number of anilines is 2. The summed E-state index contributed by atoms with van der Waals surface area (Å²) >= 11 is 6.74. The van der Waals surface area contributed by atoms with Crippen molar-refractivity contribution in [3.05, 3.63) is 52.6 Å². The Labute approximate surface area is 256 Å². The van der Waals surface area contributed by atoms with Crippen LogP contribution in [0, 0.1) is 17.7 Å². The number of carbonyl (C=O) groups excluding carboxylic acids is 1. The zero-order chi connectivity index (χ0) is 31.1. The van der Waals surface area contributed by atoms with Crippen molar-refractivity contribution in [2.24, 2.45) is 11.8 Å². The maximum absolute atomic E-state index is 13.6. The molecular weight excluding hydrogens is 597 g/mol. The summed E-state index contributed by atoms with van der Waals surface area (Å²) in [5.41, 5.74) is 1.19. The first-order valence-electron chi connectivity index (χ1n) is 14.3. The van der Waals surface area contributed by atoms with E-state index < -0.39 is 10.0 Å². The molecule has 1 N–H and O–H groups in total. The normalized spacial score (nSPS) is 22.0. The van der Waals surface area contributed by atoms with Crippen LogP contribution < -0.4 is 14.5 Å². The van der Waals surface area contributed by atoms with Gasteiger partial charge in [-0.3, -0.25) is 18.9 Å². The van der Waals surface area contributed by atoms with Crippen LogP contribution in [-0.4, -0.2) is 81.4 Å².